The Kier molecular flexibility index (Phi) is 6.42. The number of nitrogens with zero attached hydrogens (tertiary/aromatic N) is 2. The normalized spacial score (nSPS) is 16.9. The molecule has 1 aromatic carbocycles. The van der Waals surface area contributed by atoms with Crippen molar-refractivity contribution in [2.24, 2.45) is 0 Å². The SMILES string of the molecule is CCC[C@H](N[C@@H](c1ccc(F)cc1)C(F)(F)c1ccccn1)C(=O)NC1(C#N)CC1. The van der Waals surface area contributed by atoms with Gasteiger partial charge in [-0.3, -0.25) is 15.1 Å². The minimum absolute atomic E-state index is 0.127. The smallest absolute Gasteiger partial charge is 0.308 e. The van der Waals surface area contributed by atoms with E-state index in [1.807, 2.05) is 6.92 Å². The molecule has 1 amide bonds. The minimum Gasteiger partial charge on any atom is -0.336 e. The number of carbonyl (C=O) groups is 1. The van der Waals surface area contributed by atoms with E-state index < -0.39 is 41.0 Å². The van der Waals surface area contributed by atoms with Gasteiger partial charge in [0.05, 0.1) is 12.1 Å². The molecule has 2 aromatic rings. The highest BCUT2D eigenvalue weighted by Crippen LogP contribution is 2.40. The van der Waals surface area contributed by atoms with Gasteiger partial charge in [-0.25, -0.2) is 4.39 Å². The average molecular weight is 416 g/mol. The van der Waals surface area contributed by atoms with Crippen LogP contribution in [0.5, 0.6) is 0 Å². The summed E-state index contributed by atoms with van der Waals surface area (Å²) < 4.78 is 44.4. The summed E-state index contributed by atoms with van der Waals surface area (Å²) in [7, 11) is 0. The number of hydrogen-bond acceptors (Lipinski definition) is 4. The van der Waals surface area contributed by atoms with Crippen molar-refractivity contribution < 1.29 is 18.0 Å². The fourth-order valence-corrected chi connectivity index (χ4v) is 3.27. The Balaban J connectivity index is 1.93. The highest BCUT2D eigenvalue weighted by atomic mass is 19.3. The van der Waals surface area contributed by atoms with E-state index in [2.05, 4.69) is 21.7 Å². The lowest BCUT2D eigenvalue weighted by molar-refractivity contribution is -0.125. The molecule has 0 spiro atoms. The zero-order valence-electron chi connectivity index (χ0n) is 16.5. The predicted octanol–water partition coefficient (Wildman–Crippen LogP) is 3.98. The molecule has 1 aromatic heterocycles. The number of aromatic nitrogens is 1. The fourth-order valence-electron chi connectivity index (χ4n) is 3.27. The fraction of sp³-hybridized carbons (Fsp3) is 0.409. The van der Waals surface area contributed by atoms with Crippen LogP contribution in [0.2, 0.25) is 0 Å². The third-order valence-electron chi connectivity index (χ3n) is 5.16. The number of nitrogens with one attached hydrogen (secondary N) is 2. The van der Waals surface area contributed by atoms with Crippen molar-refractivity contribution in [3.8, 4) is 6.07 Å². The second-order valence-electron chi connectivity index (χ2n) is 7.51. The van der Waals surface area contributed by atoms with Crippen molar-refractivity contribution in [1.29, 1.82) is 5.26 Å². The Morgan fingerprint density at radius 3 is 2.50 bits per heavy atom. The summed E-state index contributed by atoms with van der Waals surface area (Å²) in [6, 6.07) is 8.43. The largest absolute Gasteiger partial charge is 0.336 e. The molecule has 2 atom stereocenters. The molecule has 2 N–H and O–H groups in total. The van der Waals surface area contributed by atoms with E-state index >= 15 is 8.78 Å². The maximum atomic E-state index is 15.5. The first-order chi connectivity index (χ1) is 14.3. The number of carbonyl (C=O) groups excluding carboxylic acids is 1. The number of nitriles is 1. The van der Waals surface area contributed by atoms with Crippen LogP contribution in [0.3, 0.4) is 0 Å². The number of rotatable bonds is 9. The first kappa shape index (κ1) is 21.8. The van der Waals surface area contributed by atoms with E-state index in [1.165, 1.54) is 36.5 Å². The van der Waals surface area contributed by atoms with E-state index in [9.17, 15) is 14.4 Å². The van der Waals surface area contributed by atoms with Crippen LogP contribution in [0.25, 0.3) is 0 Å². The van der Waals surface area contributed by atoms with Gasteiger partial charge in [-0.15, -0.1) is 0 Å². The van der Waals surface area contributed by atoms with E-state index in [1.54, 1.807) is 0 Å². The zero-order valence-corrected chi connectivity index (χ0v) is 16.5. The first-order valence-corrected chi connectivity index (χ1v) is 9.85. The van der Waals surface area contributed by atoms with Crippen LogP contribution in [0, 0.1) is 17.1 Å². The summed E-state index contributed by atoms with van der Waals surface area (Å²) in [6.45, 7) is 1.84. The monoisotopic (exact) mass is 416 g/mol. The summed E-state index contributed by atoms with van der Waals surface area (Å²) in [5.74, 6) is -4.52. The highest BCUT2D eigenvalue weighted by Gasteiger charge is 2.48. The Morgan fingerprint density at radius 1 is 1.27 bits per heavy atom. The number of halogens is 3. The number of pyridine rings is 1. The second-order valence-corrected chi connectivity index (χ2v) is 7.51. The van der Waals surface area contributed by atoms with Gasteiger partial charge in [0.2, 0.25) is 5.91 Å². The molecule has 0 saturated heterocycles. The van der Waals surface area contributed by atoms with Gasteiger partial charge in [0, 0.05) is 6.20 Å². The molecular weight excluding hydrogens is 393 g/mol. The Hall–Kier alpha value is -2.92. The lowest BCUT2D eigenvalue weighted by atomic mass is 9.95. The zero-order chi connectivity index (χ0) is 21.8. The maximum absolute atomic E-state index is 15.5. The molecule has 158 valence electrons. The topological polar surface area (TPSA) is 77.8 Å². The Bertz CT molecular complexity index is 908. The summed E-state index contributed by atoms with van der Waals surface area (Å²) >= 11 is 0. The predicted molar refractivity (Wildman–Crippen MR) is 105 cm³/mol. The van der Waals surface area contributed by atoms with Crippen LogP contribution in [0.4, 0.5) is 13.2 Å². The van der Waals surface area contributed by atoms with Crippen LogP contribution < -0.4 is 10.6 Å². The third kappa shape index (κ3) is 4.79. The molecule has 1 saturated carbocycles. The van der Waals surface area contributed by atoms with Gasteiger partial charge in [-0.2, -0.15) is 14.0 Å². The summed E-state index contributed by atoms with van der Waals surface area (Å²) in [5, 5.41) is 14.7. The van der Waals surface area contributed by atoms with Crippen molar-refractivity contribution >= 4 is 5.91 Å². The molecule has 0 bridgehead atoms. The molecule has 0 aliphatic heterocycles. The molecule has 5 nitrogen and oxygen atoms in total. The third-order valence-corrected chi connectivity index (χ3v) is 5.16. The Morgan fingerprint density at radius 2 is 1.97 bits per heavy atom. The van der Waals surface area contributed by atoms with E-state index in [0.717, 1.165) is 12.1 Å². The van der Waals surface area contributed by atoms with Crippen LogP contribution in [-0.4, -0.2) is 22.5 Å². The minimum atomic E-state index is -3.47. The second kappa shape index (κ2) is 8.84. The van der Waals surface area contributed by atoms with Crippen molar-refractivity contribution in [3.05, 3.63) is 65.7 Å². The number of hydrogen-bond donors (Lipinski definition) is 2. The van der Waals surface area contributed by atoms with Crippen LogP contribution in [-0.2, 0) is 10.7 Å². The molecule has 1 aliphatic rings. The molecule has 1 aliphatic carbocycles. The lowest BCUT2D eigenvalue weighted by Crippen LogP contribution is -2.51. The van der Waals surface area contributed by atoms with Crippen molar-refractivity contribution in [2.45, 2.75) is 56.2 Å². The number of benzene rings is 1. The highest BCUT2D eigenvalue weighted by molar-refractivity contribution is 5.83. The maximum Gasteiger partial charge on any atom is 0.308 e. The Labute approximate surface area is 173 Å². The lowest BCUT2D eigenvalue weighted by Gasteiger charge is -2.31. The van der Waals surface area contributed by atoms with Gasteiger partial charge in [0.1, 0.15) is 23.1 Å². The van der Waals surface area contributed by atoms with Gasteiger partial charge < -0.3 is 5.32 Å². The molecular formula is C22H23F3N4O. The summed E-state index contributed by atoms with van der Waals surface area (Å²) in [6.07, 6.45) is 3.21. The van der Waals surface area contributed by atoms with Gasteiger partial charge in [0.15, 0.2) is 0 Å². The standard InChI is InChI=1S/C22H23F3N4O/c1-2-5-17(20(30)29-21(14-26)11-12-21)28-19(15-7-9-16(23)10-8-15)22(24,25)18-6-3-4-13-27-18/h3-4,6-10,13,17,19,28H,2,5,11-12H2,1H3,(H,29,30)/t17-,19-/m0/s1. The molecule has 8 heteroatoms. The first-order valence-electron chi connectivity index (χ1n) is 9.85. The van der Waals surface area contributed by atoms with E-state index in [-0.39, 0.29) is 5.56 Å². The van der Waals surface area contributed by atoms with Gasteiger partial charge >= 0.3 is 5.92 Å². The number of alkyl halides is 2. The van der Waals surface area contributed by atoms with Crippen molar-refractivity contribution in [3.63, 3.8) is 0 Å². The van der Waals surface area contributed by atoms with Gasteiger partial charge in [0.25, 0.3) is 0 Å². The molecule has 1 heterocycles. The van der Waals surface area contributed by atoms with Crippen molar-refractivity contribution in [2.75, 3.05) is 0 Å². The van der Waals surface area contributed by atoms with Crippen LogP contribution in [0.15, 0.2) is 48.7 Å². The number of amides is 1. The molecule has 3 rings (SSSR count). The summed E-state index contributed by atoms with van der Waals surface area (Å²) in [5.41, 5.74) is -1.24. The van der Waals surface area contributed by atoms with Crippen LogP contribution >= 0.6 is 0 Å². The van der Waals surface area contributed by atoms with Crippen molar-refractivity contribution in [1.82, 2.24) is 15.6 Å². The van der Waals surface area contributed by atoms with E-state index in [4.69, 9.17) is 0 Å². The van der Waals surface area contributed by atoms with Crippen LogP contribution in [0.1, 0.15) is 49.9 Å². The summed E-state index contributed by atoms with van der Waals surface area (Å²) in [4.78, 5) is 16.6. The average Bonchev–Trinajstić information content (AvgIpc) is 3.52. The van der Waals surface area contributed by atoms with Gasteiger partial charge in [-0.1, -0.05) is 31.5 Å². The molecule has 1 fully saturated rings. The van der Waals surface area contributed by atoms with Gasteiger partial charge in [-0.05, 0) is 49.1 Å². The molecule has 0 radical (unpaired) electrons. The van der Waals surface area contributed by atoms with E-state index in [0.29, 0.717) is 25.7 Å². The molecule has 0 unspecified atom stereocenters. The quantitative estimate of drug-likeness (QED) is 0.648. The molecule has 30 heavy (non-hydrogen) atoms.